The number of furan rings is 1. The molecule has 0 radical (unpaired) electrons. The molecule has 2 aromatic carbocycles. The van der Waals surface area contributed by atoms with Crippen LogP contribution in [0.5, 0.6) is 5.75 Å². The number of rotatable bonds is 3. The number of benzene rings is 2. The third kappa shape index (κ3) is 3.40. The topological polar surface area (TPSA) is 83.2 Å². The number of halogens is 2. The van der Waals surface area contributed by atoms with Crippen LogP contribution >= 0.6 is 0 Å². The summed E-state index contributed by atoms with van der Waals surface area (Å²) in [6, 6.07) is 9.32. The molecule has 1 atom stereocenters. The molecule has 1 aromatic heterocycles. The number of aliphatic hydroxyl groups is 1. The van der Waals surface area contributed by atoms with E-state index >= 15 is 0 Å². The van der Waals surface area contributed by atoms with Gasteiger partial charge in [0.1, 0.15) is 47.3 Å². The van der Waals surface area contributed by atoms with Crippen molar-refractivity contribution in [2.45, 2.75) is 13.0 Å². The SMILES string of the molecule is Cc1ccc(C2/C(=C(/O)c3ccc4c(c3)N(C)CCO4)C(=O)C(=O)N2c2cc(F)ccc2F)o1. The van der Waals surface area contributed by atoms with E-state index in [2.05, 4.69) is 0 Å². The molecule has 7 nitrogen and oxygen atoms in total. The highest BCUT2D eigenvalue weighted by molar-refractivity contribution is 6.51. The van der Waals surface area contributed by atoms with Gasteiger partial charge in [0.15, 0.2) is 0 Å². The predicted octanol–water partition coefficient (Wildman–Crippen LogP) is 4.32. The number of carbonyl (C=O) groups excluding carboxylic acids is 2. The Kier molecular flexibility index (Phi) is 5.11. The summed E-state index contributed by atoms with van der Waals surface area (Å²) in [5, 5.41) is 11.2. The van der Waals surface area contributed by atoms with E-state index in [1.54, 1.807) is 31.2 Å². The molecule has 5 rings (SSSR count). The first-order valence-corrected chi connectivity index (χ1v) is 10.6. The molecule has 174 valence electrons. The van der Waals surface area contributed by atoms with Gasteiger partial charge in [0.05, 0.1) is 23.5 Å². The van der Waals surface area contributed by atoms with Crippen LogP contribution in [0.15, 0.2) is 58.5 Å². The number of aliphatic hydroxyl groups excluding tert-OH is 1. The van der Waals surface area contributed by atoms with Crippen LogP contribution in [0.1, 0.15) is 23.1 Å². The minimum atomic E-state index is -1.30. The maximum Gasteiger partial charge on any atom is 0.300 e. The average Bonchev–Trinajstić information content (AvgIpc) is 3.36. The van der Waals surface area contributed by atoms with Gasteiger partial charge in [-0.2, -0.15) is 0 Å². The number of hydrogen-bond donors (Lipinski definition) is 1. The van der Waals surface area contributed by atoms with Crippen molar-refractivity contribution in [2.75, 3.05) is 30.0 Å². The Hall–Kier alpha value is -4.14. The fraction of sp³-hybridized carbons (Fsp3) is 0.200. The molecule has 34 heavy (non-hydrogen) atoms. The van der Waals surface area contributed by atoms with Crippen LogP contribution in [0.25, 0.3) is 5.76 Å². The Balaban J connectivity index is 1.71. The number of likely N-dealkylation sites (N-methyl/N-ethyl adjacent to an activating group) is 1. The van der Waals surface area contributed by atoms with E-state index in [-0.39, 0.29) is 16.9 Å². The van der Waals surface area contributed by atoms with Crippen LogP contribution in [-0.4, -0.2) is 37.0 Å². The fourth-order valence-corrected chi connectivity index (χ4v) is 4.27. The van der Waals surface area contributed by atoms with Crippen molar-refractivity contribution in [3.63, 3.8) is 0 Å². The number of amides is 1. The second-order valence-corrected chi connectivity index (χ2v) is 8.17. The lowest BCUT2D eigenvalue weighted by atomic mass is 9.98. The van der Waals surface area contributed by atoms with Gasteiger partial charge in [0.2, 0.25) is 0 Å². The summed E-state index contributed by atoms with van der Waals surface area (Å²) in [7, 11) is 1.86. The van der Waals surface area contributed by atoms with Crippen molar-refractivity contribution < 1.29 is 32.6 Å². The van der Waals surface area contributed by atoms with Crippen LogP contribution in [0.4, 0.5) is 20.2 Å². The van der Waals surface area contributed by atoms with E-state index in [1.165, 1.54) is 6.07 Å². The molecule has 9 heteroatoms. The number of Topliss-reactive ketones (excluding diaryl/α,β-unsaturated/α-hetero) is 1. The molecule has 1 N–H and O–H groups in total. The largest absolute Gasteiger partial charge is 0.507 e. The van der Waals surface area contributed by atoms with Gasteiger partial charge < -0.3 is 19.2 Å². The summed E-state index contributed by atoms with van der Waals surface area (Å²) < 4.78 is 40.0. The Morgan fingerprint density at radius 2 is 1.85 bits per heavy atom. The van der Waals surface area contributed by atoms with Gasteiger partial charge in [0.25, 0.3) is 11.7 Å². The highest BCUT2D eigenvalue weighted by atomic mass is 19.1. The van der Waals surface area contributed by atoms with Gasteiger partial charge in [-0.15, -0.1) is 0 Å². The van der Waals surface area contributed by atoms with Gasteiger partial charge in [-0.05, 0) is 49.4 Å². The van der Waals surface area contributed by atoms with Gasteiger partial charge >= 0.3 is 0 Å². The maximum atomic E-state index is 14.7. The molecule has 1 amide bonds. The fourth-order valence-electron chi connectivity index (χ4n) is 4.27. The summed E-state index contributed by atoms with van der Waals surface area (Å²) in [6.07, 6.45) is 0. The van der Waals surface area contributed by atoms with Crippen LogP contribution in [0.3, 0.4) is 0 Å². The highest BCUT2D eigenvalue weighted by Gasteiger charge is 2.49. The van der Waals surface area contributed by atoms with E-state index in [4.69, 9.17) is 9.15 Å². The number of carbonyl (C=O) groups is 2. The Bertz CT molecular complexity index is 1360. The zero-order chi connectivity index (χ0) is 24.1. The number of fused-ring (bicyclic) bond motifs is 1. The predicted molar refractivity (Wildman–Crippen MR) is 120 cm³/mol. The molecular weight excluding hydrogens is 446 g/mol. The normalized spacial score (nSPS) is 19.4. The van der Waals surface area contributed by atoms with Crippen LogP contribution in [-0.2, 0) is 9.59 Å². The first kappa shape index (κ1) is 21.7. The van der Waals surface area contributed by atoms with E-state index in [1.807, 2.05) is 11.9 Å². The van der Waals surface area contributed by atoms with Crippen molar-refractivity contribution in [2.24, 2.45) is 0 Å². The van der Waals surface area contributed by atoms with Gasteiger partial charge in [0, 0.05) is 18.7 Å². The first-order chi connectivity index (χ1) is 16.3. The third-order valence-corrected chi connectivity index (χ3v) is 5.97. The first-order valence-electron chi connectivity index (χ1n) is 10.6. The minimum absolute atomic E-state index is 0.125. The van der Waals surface area contributed by atoms with E-state index in [0.29, 0.717) is 30.3 Å². The summed E-state index contributed by atoms with van der Waals surface area (Å²) >= 11 is 0. The number of hydrogen-bond acceptors (Lipinski definition) is 6. The molecule has 0 aliphatic carbocycles. The lowest BCUT2D eigenvalue weighted by Crippen LogP contribution is -2.30. The van der Waals surface area contributed by atoms with Crippen molar-refractivity contribution >= 4 is 28.8 Å². The number of nitrogens with zero attached hydrogens (tertiary/aromatic N) is 2. The van der Waals surface area contributed by atoms with E-state index in [0.717, 1.165) is 23.1 Å². The quantitative estimate of drug-likeness (QED) is 0.352. The molecule has 0 bridgehead atoms. The van der Waals surface area contributed by atoms with Crippen LogP contribution < -0.4 is 14.5 Å². The Morgan fingerprint density at radius 3 is 2.59 bits per heavy atom. The molecule has 2 aliphatic rings. The Labute approximate surface area is 193 Å². The summed E-state index contributed by atoms with van der Waals surface area (Å²) in [5.41, 5.74) is 0.245. The molecular formula is C25H20F2N2O5. The molecule has 3 heterocycles. The zero-order valence-corrected chi connectivity index (χ0v) is 18.3. The van der Waals surface area contributed by atoms with Crippen molar-refractivity contribution in [1.29, 1.82) is 0 Å². The van der Waals surface area contributed by atoms with Crippen LogP contribution in [0, 0.1) is 18.6 Å². The molecule has 1 fully saturated rings. The maximum absolute atomic E-state index is 14.7. The monoisotopic (exact) mass is 466 g/mol. The van der Waals surface area contributed by atoms with Crippen molar-refractivity contribution in [3.05, 3.63) is 82.8 Å². The lowest BCUT2D eigenvalue weighted by Gasteiger charge is -2.28. The second kappa shape index (κ2) is 8.02. The number of ketones is 1. The summed E-state index contributed by atoms with van der Waals surface area (Å²) in [6.45, 7) is 2.81. The standard InChI is InChI=1S/C25H20F2N2O5/c1-13-3-7-20(34-13)22-21(23(30)14-4-8-19-18(11-14)28(2)9-10-33-19)24(31)25(32)29(22)17-12-15(26)5-6-16(17)27/h3-8,11-12,22,30H,9-10H2,1-2H3/b23-21-. The average molecular weight is 466 g/mol. The van der Waals surface area contributed by atoms with Gasteiger partial charge in [-0.25, -0.2) is 8.78 Å². The third-order valence-electron chi connectivity index (χ3n) is 5.97. The number of aryl methyl sites for hydroxylation is 1. The molecule has 0 saturated carbocycles. The van der Waals surface area contributed by atoms with Crippen molar-refractivity contribution in [1.82, 2.24) is 0 Å². The smallest absolute Gasteiger partial charge is 0.300 e. The van der Waals surface area contributed by atoms with E-state index in [9.17, 15) is 23.5 Å². The summed E-state index contributed by atoms with van der Waals surface area (Å²) in [4.78, 5) is 29.0. The molecule has 0 spiro atoms. The van der Waals surface area contributed by atoms with Crippen molar-refractivity contribution in [3.8, 4) is 5.75 Å². The Morgan fingerprint density at radius 1 is 1.06 bits per heavy atom. The lowest BCUT2D eigenvalue weighted by molar-refractivity contribution is -0.132. The number of anilines is 2. The zero-order valence-electron chi connectivity index (χ0n) is 18.3. The minimum Gasteiger partial charge on any atom is -0.507 e. The summed E-state index contributed by atoms with van der Waals surface area (Å²) in [5.74, 6) is -3.07. The van der Waals surface area contributed by atoms with Gasteiger partial charge in [-0.3, -0.25) is 14.5 Å². The molecule has 2 aliphatic heterocycles. The second-order valence-electron chi connectivity index (χ2n) is 8.17. The number of ether oxygens (including phenoxy) is 1. The van der Waals surface area contributed by atoms with Crippen LogP contribution in [0.2, 0.25) is 0 Å². The molecule has 1 unspecified atom stereocenters. The van der Waals surface area contributed by atoms with E-state index < -0.39 is 40.8 Å². The molecule has 1 saturated heterocycles. The van der Waals surface area contributed by atoms with Gasteiger partial charge in [-0.1, -0.05) is 0 Å². The highest BCUT2D eigenvalue weighted by Crippen LogP contribution is 2.44. The molecule has 3 aromatic rings.